The Labute approximate surface area is 250 Å². The number of aromatic nitrogens is 5. The number of hydrogen-bond donors (Lipinski definition) is 2. The molecule has 0 amide bonds. The van der Waals surface area contributed by atoms with Crippen LogP contribution in [0.2, 0.25) is 0 Å². The molecule has 0 aliphatic carbocycles. The van der Waals surface area contributed by atoms with E-state index in [2.05, 4.69) is 25.2 Å². The van der Waals surface area contributed by atoms with E-state index in [4.69, 9.17) is 24.2 Å². The molecule has 0 fully saturated rings. The second-order valence-corrected chi connectivity index (χ2v) is 9.67. The SMILES string of the molecule is COc1ccc(CN(Cc2ccc(OC)cc2)c2nc(C)nc(-c3cc(CO)cnc3Nc3ccc(OC)nc3)n2)cc1. The van der Waals surface area contributed by atoms with Crippen molar-refractivity contribution in [2.75, 3.05) is 31.5 Å². The summed E-state index contributed by atoms with van der Waals surface area (Å²) in [5.74, 6) is 4.04. The molecule has 0 spiro atoms. The summed E-state index contributed by atoms with van der Waals surface area (Å²) in [5, 5.41) is 13.2. The summed E-state index contributed by atoms with van der Waals surface area (Å²) < 4.78 is 15.9. The van der Waals surface area contributed by atoms with E-state index >= 15 is 0 Å². The maximum Gasteiger partial charge on any atom is 0.229 e. The molecule has 0 saturated carbocycles. The van der Waals surface area contributed by atoms with Gasteiger partial charge in [0, 0.05) is 25.4 Å². The van der Waals surface area contributed by atoms with Crippen LogP contribution in [0.15, 0.2) is 79.1 Å². The fourth-order valence-corrected chi connectivity index (χ4v) is 4.41. The fraction of sp³-hybridized carbons (Fsp3) is 0.219. The van der Waals surface area contributed by atoms with Crippen molar-refractivity contribution in [3.63, 3.8) is 0 Å². The van der Waals surface area contributed by atoms with E-state index in [1.807, 2.05) is 67.6 Å². The van der Waals surface area contributed by atoms with Crippen LogP contribution in [0.3, 0.4) is 0 Å². The molecular formula is C32H33N7O4. The number of anilines is 3. The van der Waals surface area contributed by atoms with Crippen molar-refractivity contribution in [2.45, 2.75) is 26.6 Å². The van der Waals surface area contributed by atoms with Crippen LogP contribution in [0.25, 0.3) is 11.4 Å². The Morgan fingerprint density at radius 1 is 0.721 bits per heavy atom. The van der Waals surface area contributed by atoms with Crippen molar-refractivity contribution in [3.8, 4) is 28.8 Å². The summed E-state index contributed by atoms with van der Waals surface area (Å²) in [6.45, 7) is 2.73. The Balaban J connectivity index is 1.54. The van der Waals surface area contributed by atoms with Gasteiger partial charge in [0.15, 0.2) is 5.82 Å². The third-order valence-corrected chi connectivity index (χ3v) is 6.66. The zero-order valence-electron chi connectivity index (χ0n) is 24.5. The molecule has 2 N–H and O–H groups in total. The minimum Gasteiger partial charge on any atom is -0.497 e. The van der Waals surface area contributed by atoms with Gasteiger partial charge in [0.05, 0.1) is 45.4 Å². The average molecular weight is 580 g/mol. The Morgan fingerprint density at radius 3 is 1.91 bits per heavy atom. The van der Waals surface area contributed by atoms with Gasteiger partial charge in [-0.25, -0.2) is 15.0 Å². The van der Waals surface area contributed by atoms with Crippen LogP contribution >= 0.6 is 0 Å². The molecule has 0 bridgehead atoms. The number of aliphatic hydroxyl groups excluding tert-OH is 1. The second kappa shape index (κ2) is 13.6. The van der Waals surface area contributed by atoms with Crippen molar-refractivity contribution < 1.29 is 19.3 Å². The van der Waals surface area contributed by atoms with Gasteiger partial charge in [-0.2, -0.15) is 9.97 Å². The standard InChI is InChI=1S/C32H33N7O4/c1-21-35-31(28-15-24(20-40)16-34-30(28)37-25-9-14-29(43-4)33-17-25)38-32(36-21)39(18-22-5-10-26(41-2)11-6-22)19-23-7-12-27(42-3)13-8-23/h5-17,40H,18-20H2,1-4H3,(H,34,37). The van der Waals surface area contributed by atoms with Crippen LogP contribution in [0.4, 0.5) is 17.5 Å². The monoisotopic (exact) mass is 579 g/mol. The summed E-state index contributed by atoms with van der Waals surface area (Å²) >= 11 is 0. The first-order chi connectivity index (χ1) is 21.0. The Kier molecular flexibility index (Phi) is 9.23. The number of pyridine rings is 2. The first-order valence-corrected chi connectivity index (χ1v) is 13.6. The number of aliphatic hydroxyl groups is 1. The maximum atomic E-state index is 9.88. The second-order valence-electron chi connectivity index (χ2n) is 9.67. The van der Waals surface area contributed by atoms with Crippen LogP contribution in [0.5, 0.6) is 17.4 Å². The first-order valence-electron chi connectivity index (χ1n) is 13.6. The number of methoxy groups -OCH3 is 3. The zero-order valence-corrected chi connectivity index (χ0v) is 24.5. The maximum absolute atomic E-state index is 9.88. The molecule has 0 aliphatic heterocycles. The average Bonchev–Trinajstić information content (AvgIpc) is 3.05. The molecule has 0 radical (unpaired) electrons. The van der Waals surface area contributed by atoms with Crippen molar-refractivity contribution in [2.24, 2.45) is 0 Å². The molecule has 11 nitrogen and oxygen atoms in total. The quantitative estimate of drug-likeness (QED) is 0.205. The highest BCUT2D eigenvalue weighted by atomic mass is 16.5. The number of benzene rings is 2. The molecule has 0 unspecified atom stereocenters. The van der Waals surface area contributed by atoms with Crippen molar-refractivity contribution >= 4 is 17.5 Å². The van der Waals surface area contributed by atoms with E-state index in [-0.39, 0.29) is 6.61 Å². The number of rotatable bonds is 12. The number of nitrogens with one attached hydrogen (secondary N) is 1. The Bertz CT molecular complexity index is 1600. The molecule has 5 aromatic rings. The summed E-state index contributed by atoms with van der Waals surface area (Å²) in [5.41, 5.74) is 4.07. The third kappa shape index (κ3) is 7.32. The molecule has 11 heteroatoms. The first kappa shape index (κ1) is 29.2. The predicted molar refractivity (Wildman–Crippen MR) is 164 cm³/mol. The van der Waals surface area contributed by atoms with E-state index in [1.165, 1.54) is 0 Å². The third-order valence-electron chi connectivity index (χ3n) is 6.66. The lowest BCUT2D eigenvalue weighted by Crippen LogP contribution is -2.25. The molecule has 0 atom stereocenters. The number of aryl methyl sites for hydroxylation is 1. The van der Waals surface area contributed by atoms with E-state index in [1.54, 1.807) is 39.8 Å². The van der Waals surface area contributed by atoms with E-state index < -0.39 is 0 Å². The van der Waals surface area contributed by atoms with Gasteiger partial charge in [0.25, 0.3) is 0 Å². The number of nitrogens with zero attached hydrogens (tertiary/aromatic N) is 6. The lowest BCUT2D eigenvalue weighted by Gasteiger charge is -2.24. The fourth-order valence-electron chi connectivity index (χ4n) is 4.41. The van der Waals surface area contributed by atoms with Crippen LogP contribution < -0.4 is 24.4 Å². The smallest absolute Gasteiger partial charge is 0.229 e. The van der Waals surface area contributed by atoms with Crippen molar-refractivity contribution in [1.82, 2.24) is 24.9 Å². The molecular weight excluding hydrogens is 546 g/mol. The topological polar surface area (TPSA) is 128 Å². The minimum atomic E-state index is -0.178. The van der Waals surface area contributed by atoms with Gasteiger partial charge in [-0.1, -0.05) is 24.3 Å². The zero-order chi connectivity index (χ0) is 30.2. The van der Waals surface area contributed by atoms with Crippen LogP contribution in [0.1, 0.15) is 22.5 Å². The largest absolute Gasteiger partial charge is 0.497 e. The Morgan fingerprint density at radius 2 is 1.37 bits per heavy atom. The van der Waals surface area contributed by atoms with Gasteiger partial charge in [-0.3, -0.25) is 0 Å². The van der Waals surface area contributed by atoms with Gasteiger partial charge in [0.2, 0.25) is 11.8 Å². The molecule has 0 aliphatic rings. The van der Waals surface area contributed by atoms with Crippen molar-refractivity contribution in [3.05, 3.63) is 102 Å². The van der Waals surface area contributed by atoms with Crippen LogP contribution in [-0.4, -0.2) is 51.4 Å². The van der Waals surface area contributed by atoms with E-state index in [9.17, 15) is 5.11 Å². The van der Waals surface area contributed by atoms with Gasteiger partial charge in [-0.15, -0.1) is 0 Å². The molecule has 2 aromatic carbocycles. The number of hydrogen-bond acceptors (Lipinski definition) is 11. The highest BCUT2D eigenvalue weighted by Gasteiger charge is 2.18. The normalized spacial score (nSPS) is 10.7. The van der Waals surface area contributed by atoms with Crippen LogP contribution in [0, 0.1) is 6.92 Å². The molecule has 220 valence electrons. The Hall–Kier alpha value is -5.29. The summed E-state index contributed by atoms with van der Waals surface area (Å²) in [4.78, 5) is 25.3. The minimum absolute atomic E-state index is 0.178. The molecule has 0 saturated heterocycles. The predicted octanol–water partition coefficient (Wildman–Crippen LogP) is 5.11. The van der Waals surface area contributed by atoms with Gasteiger partial charge in [-0.05, 0) is 60.0 Å². The molecule has 3 aromatic heterocycles. The molecule has 3 heterocycles. The van der Waals surface area contributed by atoms with Gasteiger partial charge >= 0.3 is 0 Å². The highest BCUT2D eigenvalue weighted by molar-refractivity contribution is 5.75. The lowest BCUT2D eigenvalue weighted by molar-refractivity contribution is 0.281. The van der Waals surface area contributed by atoms with Crippen molar-refractivity contribution in [1.29, 1.82) is 0 Å². The molecule has 43 heavy (non-hydrogen) atoms. The van der Waals surface area contributed by atoms with E-state index in [0.29, 0.717) is 59.2 Å². The summed E-state index contributed by atoms with van der Waals surface area (Å²) in [6, 6.07) is 21.2. The number of ether oxygens (including phenoxy) is 3. The summed E-state index contributed by atoms with van der Waals surface area (Å²) in [6.07, 6.45) is 3.26. The van der Waals surface area contributed by atoms with Gasteiger partial charge in [0.1, 0.15) is 23.1 Å². The molecule has 5 rings (SSSR count). The highest BCUT2D eigenvalue weighted by Crippen LogP contribution is 2.29. The summed E-state index contributed by atoms with van der Waals surface area (Å²) in [7, 11) is 4.86. The van der Waals surface area contributed by atoms with Crippen LogP contribution in [-0.2, 0) is 19.7 Å². The van der Waals surface area contributed by atoms with E-state index in [0.717, 1.165) is 22.6 Å². The lowest BCUT2D eigenvalue weighted by atomic mass is 10.1. The van der Waals surface area contributed by atoms with Gasteiger partial charge < -0.3 is 29.5 Å².